The Balaban J connectivity index is 1.87. The van der Waals surface area contributed by atoms with E-state index in [1.54, 1.807) is 37.4 Å². The molecule has 1 heterocycles. The van der Waals surface area contributed by atoms with Crippen LogP contribution in [0.4, 0.5) is 11.5 Å². The largest absolute Gasteiger partial charge is 0.495 e. The van der Waals surface area contributed by atoms with Crippen molar-refractivity contribution in [2.45, 2.75) is 0 Å². The van der Waals surface area contributed by atoms with Crippen molar-refractivity contribution in [3.05, 3.63) is 66.5 Å². The average Bonchev–Trinajstić information content (AvgIpc) is 2.62. The number of rotatable bonds is 5. The van der Waals surface area contributed by atoms with Gasteiger partial charge in [-0.3, -0.25) is 0 Å². The van der Waals surface area contributed by atoms with Gasteiger partial charge in [0.1, 0.15) is 17.9 Å². The summed E-state index contributed by atoms with van der Waals surface area (Å²) in [6.45, 7) is 0. The minimum atomic E-state index is -0.956. The lowest BCUT2D eigenvalue weighted by molar-refractivity contribution is 0.0697. The second-order valence-electron chi connectivity index (χ2n) is 5.00. The molecule has 0 atom stereocenters. The molecule has 0 aliphatic rings. The highest BCUT2D eigenvalue weighted by Gasteiger charge is 2.07. The number of ether oxygens (including phenoxy) is 1. The van der Waals surface area contributed by atoms with Gasteiger partial charge >= 0.3 is 5.97 Å². The van der Waals surface area contributed by atoms with Gasteiger partial charge in [-0.1, -0.05) is 24.3 Å². The predicted octanol–water partition coefficient (Wildman–Crippen LogP) is 3.59. The van der Waals surface area contributed by atoms with Gasteiger partial charge in [0, 0.05) is 11.6 Å². The Labute approximate surface area is 138 Å². The van der Waals surface area contributed by atoms with Gasteiger partial charge in [-0.05, 0) is 24.3 Å². The van der Waals surface area contributed by atoms with Crippen LogP contribution >= 0.6 is 0 Å². The number of carbonyl (C=O) groups is 1. The SMILES string of the molecule is COc1ccccc1Nc1cc(-c2ccc(C(=O)O)cc2)ncn1. The fourth-order valence-corrected chi connectivity index (χ4v) is 2.25. The maximum absolute atomic E-state index is 10.9. The first-order valence-electron chi connectivity index (χ1n) is 7.23. The van der Waals surface area contributed by atoms with Crippen LogP contribution in [0.3, 0.4) is 0 Å². The van der Waals surface area contributed by atoms with E-state index in [-0.39, 0.29) is 5.56 Å². The highest BCUT2D eigenvalue weighted by atomic mass is 16.5. The summed E-state index contributed by atoms with van der Waals surface area (Å²) in [5.41, 5.74) is 2.54. The Morgan fingerprint density at radius 3 is 2.54 bits per heavy atom. The second kappa shape index (κ2) is 6.78. The number of hydrogen-bond donors (Lipinski definition) is 2. The molecule has 0 radical (unpaired) electrons. The van der Waals surface area contributed by atoms with E-state index in [0.29, 0.717) is 17.3 Å². The molecule has 0 unspecified atom stereocenters. The number of methoxy groups -OCH3 is 1. The molecule has 6 heteroatoms. The first-order chi connectivity index (χ1) is 11.7. The molecule has 120 valence electrons. The van der Waals surface area contributed by atoms with Crippen LogP contribution in [-0.4, -0.2) is 28.2 Å². The van der Waals surface area contributed by atoms with Crippen molar-refractivity contribution < 1.29 is 14.6 Å². The lowest BCUT2D eigenvalue weighted by Crippen LogP contribution is -1.98. The van der Waals surface area contributed by atoms with Crippen molar-refractivity contribution >= 4 is 17.5 Å². The molecule has 0 bridgehead atoms. The number of carboxylic acids is 1. The van der Waals surface area contributed by atoms with Gasteiger partial charge in [-0.15, -0.1) is 0 Å². The lowest BCUT2D eigenvalue weighted by atomic mass is 10.1. The summed E-state index contributed by atoms with van der Waals surface area (Å²) in [7, 11) is 1.61. The van der Waals surface area contributed by atoms with E-state index in [1.165, 1.54) is 6.33 Å². The molecule has 24 heavy (non-hydrogen) atoms. The van der Waals surface area contributed by atoms with Gasteiger partial charge < -0.3 is 15.2 Å². The first-order valence-corrected chi connectivity index (χ1v) is 7.23. The molecule has 0 aliphatic heterocycles. The molecule has 0 aliphatic carbocycles. The zero-order chi connectivity index (χ0) is 16.9. The standard InChI is InChI=1S/C18H15N3O3/c1-24-16-5-3-2-4-14(16)21-17-10-15(19-11-20-17)12-6-8-13(9-7-12)18(22)23/h2-11H,1H3,(H,22,23)(H,19,20,21). The summed E-state index contributed by atoms with van der Waals surface area (Å²) in [4.78, 5) is 19.4. The molecular formula is C18H15N3O3. The highest BCUT2D eigenvalue weighted by molar-refractivity contribution is 5.88. The Bertz CT molecular complexity index is 863. The Hall–Kier alpha value is -3.41. The van der Waals surface area contributed by atoms with E-state index in [2.05, 4.69) is 15.3 Å². The summed E-state index contributed by atoms with van der Waals surface area (Å²) in [6.07, 6.45) is 1.46. The molecular weight excluding hydrogens is 306 g/mol. The van der Waals surface area contributed by atoms with E-state index >= 15 is 0 Å². The molecule has 2 aromatic carbocycles. The number of para-hydroxylation sites is 2. The Morgan fingerprint density at radius 2 is 1.83 bits per heavy atom. The fourth-order valence-electron chi connectivity index (χ4n) is 2.25. The van der Waals surface area contributed by atoms with Crippen LogP contribution in [0.1, 0.15) is 10.4 Å². The molecule has 0 saturated heterocycles. The topological polar surface area (TPSA) is 84.3 Å². The number of hydrogen-bond acceptors (Lipinski definition) is 5. The third-order valence-electron chi connectivity index (χ3n) is 3.46. The normalized spacial score (nSPS) is 10.2. The van der Waals surface area contributed by atoms with Crippen molar-refractivity contribution in [3.8, 4) is 17.0 Å². The van der Waals surface area contributed by atoms with Crippen molar-refractivity contribution in [2.24, 2.45) is 0 Å². The molecule has 3 aromatic rings. The molecule has 6 nitrogen and oxygen atoms in total. The van der Waals surface area contributed by atoms with E-state index in [4.69, 9.17) is 9.84 Å². The van der Waals surface area contributed by atoms with Gasteiger partial charge in [-0.2, -0.15) is 0 Å². The number of nitrogens with zero attached hydrogens (tertiary/aromatic N) is 2. The smallest absolute Gasteiger partial charge is 0.335 e. The lowest BCUT2D eigenvalue weighted by Gasteiger charge is -2.10. The summed E-state index contributed by atoms with van der Waals surface area (Å²) >= 11 is 0. The minimum absolute atomic E-state index is 0.236. The van der Waals surface area contributed by atoms with Gasteiger partial charge in [0.15, 0.2) is 0 Å². The van der Waals surface area contributed by atoms with Gasteiger partial charge in [0.25, 0.3) is 0 Å². The summed E-state index contributed by atoms with van der Waals surface area (Å²) in [6, 6.07) is 15.9. The molecule has 0 amide bonds. The molecule has 0 saturated carbocycles. The van der Waals surface area contributed by atoms with E-state index in [9.17, 15) is 4.79 Å². The zero-order valence-electron chi connectivity index (χ0n) is 12.9. The van der Waals surface area contributed by atoms with E-state index < -0.39 is 5.97 Å². The number of anilines is 2. The summed E-state index contributed by atoms with van der Waals surface area (Å²) < 4.78 is 5.31. The maximum atomic E-state index is 10.9. The fraction of sp³-hybridized carbons (Fsp3) is 0.0556. The molecule has 1 aromatic heterocycles. The van der Waals surface area contributed by atoms with Crippen LogP contribution in [0, 0.1) is 0 Å². The molecule has 3 rings (SSSR count). The van der Waals surface area contributed by atoms with Crippen molar-refractivity contribution in [3.63, 3.8) is 0 Å². The van der Waals surface area contributed by atoms with Gasteiger partial charge in [0.05, 0.1) is 24.1 Å². The van der Waals surface area contributed by atoms with Crippen LogP contribution in [-0.2, 0) is 0 Å². The van der Waals surface area contributed by atoms with Crippen molar-refractivity contribution in [1.29, 1.82) is 0 Å². The van der Waals surface area contributed by atoms with Crippen molar-refractivity contribution in [2.75, 3.05) is 12.4 Å². The van der Waals surface area contributed by atoms with Crippen LogP contribution in [0.15, 0.2) is 60.9 Å². The quantitative estimate of drug-likeness (QED) is 0.747. The molecule has 0 spiro atoms. The van der Waals surface area contributed by atoms with Crippen LogP contribution in [0.2, 0.25) is 0 Å². The first kappa shape index (κ1) is 15.5. The average molecular weight is 321 g/mol. The van der Waals surface area contributed by atoms with Crippen LogP contribution < -0.4 is 10.1 Å². The van der Waals surface area contributed by atoms with E-state index in [0.717, 1.165) is 11.3 Å². The maximum Gasteiger partial charge on any atom is 0.335 e. The van der Waals surface area contributed by atoms with Crippen LogP contribution in [0.25, 0.3) is 11.3 Å². The van der Waals surface area contributed by atoms with Gasteiger partial charge in [0.2, 0.25) is 0 Å². The van der Waals surface area contributed by atoms with Crippen molar-refractivity contribution in [1.82, 2.24) is 9.97 Å². The highest BCUT2D eigenvalue weighted by Crippen LogP contribution is 2.27. The number of carboxylic acid groups (broad SMARTS) is 1. The molecule has 0 fully saturated rings. The second-order valence-corrected chi connectivity index (χ2v) is 5.00. The number of aromatic carboxylic acids is 1. The molecule has 2 N–H and O–H groups in total. The third kappa shape index (κ3) is 3.33. The number of benzene rings is 2. The summed E-state index contributed by atoms with van der Waals surface area (Å²) in [5, 5.41) is 12.1. The predicted molar refractivity (Wildman–Crippen MR) is 90.7 cm³/mol. The monoisotopic (exact) mass is 321 g/mol. The zero-order valence-corrected chi connectivity index (χ0v) is 12.9. The third-order valence-corrected chi connectivity index (χ3v) is 3.46. The Morgan fingerprint density at radius 1 is 1.08 bits per heavy atom. The van der Waals surface area contributed by atoms with Gasteiger partial charge in [-0.25, -0.2) is 14.8 Å². The number of aromatic nitrogens is 2. The number of nitrogens with one attached hydrogen (secondary N) is 1. The Kier molecular flexibility index (Phi) is 4.38. The van der Waals surface area contributed by atoms with Crippen LogP contribution in [0.5, 0.6) is 5.75 Å². The van der Waals surface area contributed by atoms with E-state index in [1.807, 2.05) is 24.3 Å². The minimum Gasteiger partial charge on any atom is -0.495 e. The summed E-state index contributed by atoms with van der Waals surface area (Å²) in [5.74, 6) is 0.373.